The molecule has 0 fully saturated rings. The van der Waals surface area contributed by atoms with Gasteiger partial charge in [-0.1, -0.05) is 131 Å². The molecule has 5 aromatic carbocycles. The standard InChI is InChI=1S/C35H28N3O.C15H18NSi.Ir/c1-22-20-21-26-25-15-10-16-27(32(25)39-34(26)36-22)33-37-29-18-8-9-19-30(29)38(33)31-24(23-12-6-5-7-13-23)14-11-17-28(31)35(2,3)4;1-12-5-7-13(8-6-12)15-10-9-14(11-16-15)17(2,3)4;/h5-15,17-21H,1-4H3;5-7,9-11H,1-4H3;/q2*-1;/i;1D3;. The number of benzene rings is 5. The van der Waals surface area contributed by atoms with Crippen LogP contribution < -0.4 is 5.19 Å². The molecule has 0 bridgehead atoms. The van der Waals surface area contributed by atoms with Crippen molar-refractivity contribution in [3.63, 3.8) is 0 Å². The van der Waals surface area contributed by atoms with Gasteiger partial charge in [-0.3, -0.25) is 4.98 Å². The van der Waals surface area contributed by atoms with Crippen molar-refractivity contribution in [3.05, 3.63) is 163 Å². The maximum absolute atomic E-state index is 7.35. The summed E-state index contributed by atoms with van der Waals surface area (Å²) in [5.41, 5.74) is 11.6. The van der Waals surface area contributed by atoms with Crippen molar-refractivity contribution >= 4 is 46.4 Å². The van der Waals surface area contributed by atoms with Crippen molar-refractivity contribution in [2.45, 2.75) is 59.6 Å². The fourth-order valence-corrected chi connectivity index (χ4v) is 8.16. The largest absolute Gasteiger partial charge is 0.486 e. The van der Waals surface area contributed by atoms with Crippen molar-refractivity contribution in [2.75, 3.05) is 0 Å². The predicted octanol–water partition coefficient (Wildman–Crippen LogP) is 12.5. The molecule has 0 saturated heterocycles. The monoisotopic (exact) mass is 942 g/mol. The van der Waals surface area contributed by atoms with E-state index in [9.17, 15) is 0 Å². The first-order valence-electron chi connectivity index (χ1n) is 20.4. The van der Waals surface area contributed by atoms with E-state index in [1.165, 1.54) is 16.8 Å². The van der Waals surface area contributed by atoms with Gasteiger partial charge < -0.3 is 14.0 Å². The van der Waals surface area contributed by atoms with Gasteiger partial charge in [0.15, 0.2) is 0 Å². The topological polar surface area (TPSA) is 56.7 Å². The van der Waals surface area contributed by atoms with Gasteiger partial charge in [0.2, 0.25) is 5.71 Å². The number of pyridine rings is 2. The number of hydrogen-bond acceptors (Lipinski definition) is 4. The summed E-state index contributed by atoms with van der Waals surface area (Å²) in [5.74, 6) is 0.798. The number of rotatable bonds is 5. The van der Waals surface area contributed by atoms with Crippen LogP contribution in [0.25, 0.3) is 72.6 Å². The summed E-state index contributed by atoms with van der Waals surface area (Å²) in [5, 5.41) is 3.31. The second kappa shape index (κ2) is 15.8. The number of imidazole rings is 1. The first-order valence-corrected chi connectivity index (χ1v) is 22.4. The van der Waals surface area contributed by atoms with Crippen LogP contribution >= 0.6 is 0 Å². The summed E-state index contributed by atoms with van der Waals surface area (Å²) in [6, 6.07) is 49.1. The summed E-state index contributed by atoms with van der Waals surface area (Å²) in [7, 11) is -1.34. The molecule has 57 heavy (non-hydrogen) atoms. The average Bonchev–Trinajstić information content (AvgIpc) is 3.78. The summed E-state index contributed by atoms with van der Waals surface area (Å²) >= 11 is 0. The maximum atomic E-state index is 7.35. The van der Waals surface area contributed by atoms with Gasteiger partial charge in [0.1, 0.15) is 0 Å². The minimum Gasteiger partial charge on any atom is -0.486 e. The third-order valence-electron chi connectivity index (χ3n) is 10.1. The van der Waals surface area contributed by atoms with Crippen molar-refractivity contribution in [3.8, 4) is 39.5 Å². The molecule has 9 rings (SSSR count). The third kappa shape index (κ3) is 7.93. The van der Waals surface area contributed by atoms with Crippen molar-refractivity contribution in [2.24, 2.45) is 0 Å². The number of aryl methyl sites for hydroxylation is 2. The van der Waals surface area contributed by atoms with E-state index < -0.39 is 14.9 Å². The van der Waals surface area contributed by atoms with Gasteiger partial charge in [-0.05, 0) is 58.6 Å². The molecule has 4 heterocycles. The second-order valence-electron chi connectivity index (χ2n) is 16.3. The number of nitrogens with zero attached hydrogens (tertiary/aromatic N) is 4. The molecule has 0 spiro atoms. The van der Waals surface area contributed by atoms with Gasteiger partial charge >= 0.3 is 0 Å². The molecule has 0 amide bonds. The van der Waals surface area contributed by atoms with E-state index in [4.69, 9.17) is 13.5 Å². The molecule has 7 heteroatoms. The number of hydrogen-bond donors (Lipinski definition) is 0. The molecule has 0 aliphatic heterocycles. The Morgan fingerprint density at radius 3 is 2.26 bits per heavy atom. The van der Waals surface area contributed by atoms with Crippen LogP contribution in [0.4, 0.5) is 0 Å². The first-order chi connectivity index (χ1) is 28.1. The number of fused-ring (bicyclic) bond motifs is 4. The van der Waals surface area contributed by atoms with Crippen molar-refractivity contribution < 1.29 is 28.6 Å². The molecule has 9 aromatic rings. The molecular formula is C50H46IrN4OSi-2. The number of para-hydroxylation sites is 3. The van der Waals surface area contributed by atoms with Crippen LogP contribution in [0.3, 0.4) is 0 Å². The maximum Gasteiger partial charge on any atom is 0.216 e. The van der Waals surface area contributed by atoms with E-state index in [-0.39, 0.29) is 25.5 Å². The minimum absolute atomic E-state index is 0. The summed E-state index contributed by atoms with van der Waals surface area (Å²) in [4.78, 5) is 14.3. The Labute approximate surface area is 354 Å². The number of furan rings is 1. The summed E-state index contributed by atoms with van der Waals surface area (Å²) < 4.78 is 30.8. The van der Waals surface area contributed by atoms with Gasteiger partial charge in [-0.25, -0.2) is 4.98 Å². The van der Waals surface area contributed by atoms with Gasteiger partial charge in [-0.15, -0.1) is 53.6 Å². The summed E-state index contributed by atoms with van der Waals surface area (Å²) in [6.45, 7) is 13.5. The van der Waals surface area contributed by atoms with E-state index in [0.717, 1.165) is 72.5 Å². The molecule has 5 nitrogen and oxygen atoms in total. The zero-order valence-electron chi connectivity index (χ0n) is 36.2. The summed E-state index contributed by atoms with van der Waals surface area (Å²) in [6.07, 6.45) is 1.92. The molecule has 287 valence electrons. The van der Waals surface area contributed by atoms with Crippen molar-refractivity contribution in [1.82, 2.24) is 19.5 Å². The fourth-order valence-electron chi connectivity index (χ4n) is 7.12. The molecule has 0 aliphatic rings. The predicted molar refractivity (Wildman–Crippen MR) is 236 cm³/mol. The minimum atomic E-state index is -2.08. The van der Waals surface area contributed by atoms with Gasteiger partial charge in [0.05, 0.1) is 36.2 Å². The Balaban J connectivity index is 0.000000220. The Hall–Kier alpha value is -5.46. The van der Waals surface area contributed by atoms with Crippen LogP contribution in [-0.4, -0.2) is 27.6 Å². The van der Waals surface area contributed by atoms with Crippen LogP contribution in [-0.2, 0) is 25.5 Å². The molecule has 0 atom stereocenters. The van der Waals surface area contributed by atoms with E-state index in [0.29, 0.717) is 11.3 Å². The molecule has 0 unspecified atom stereocenters. The Bertz CT molecular complexity index is 2890. The third-order valence-corrected chi connectivity index (χ3v) is 12.1. The zero-order chi connectivity index (χ0) is 41.7. The molecule has 0 aliphatic carbocycles. The van der Waals surface area contributed by atoms with Crippen LogP contribution in [0.15, 0.2) is 138 Å². The van der Waals surface area contributed by atoms with Crippen LogP contribution in [0.5, 0.6) is 0 Å². The normalized spacial score (nSPS) is 12.7. The van der Waals surface area contributed by atoms with Gasteiger partial charge in [0.25, 0.3) is 0 Å². The van der Waals surface area contributed by atoms with Gasteiger partial charge in [0, 0.05) is 47.1 Å². The van der Waals surface area contributed by atoms with Crippen LogP contribution in [0.2, 0.25) is 19.6 Å². The van der Waals surface area contributed by atoms with E-state index >= 15 is 0 Å². The number of aromatic nitrogens is 4. The SMILES string of the molecule is Cc1ccc2c(n1)oc1c(-c3nc4ccccc4n3-c3c(-c4ccccc4)cccc3C(C)(C)C)[c-]ccc12.[2H]C([2H])([2H])c1c[c-]c(-c2ccc([Si](C)(C)C)cn2)cc1.[Ir]. The first kappa shape index (κ1) is 35.9. The van der Waals surface area contributed by atoms with E-state index in [1.54, 1.807) is 12.1 Å². The van der Waals surface area contributed by atoms with Crippen LogP contribution in [0, 0.1) is 25.9 Å². The molecular weight excluding hydrogens is 893 g/mol. The Kier molecular flexibility index (Phi) is 9.97. The Morgan fingerprint density at radius 2 is 1.56 bits per heavy atom. The molecule has 1 radical (unpaired) electrons. The van der Waals surface area contributed by atoms with Crippen LogP contribution in [0.1, 0.15) is 41.7 Å². The second-order valence-corrected chi connectivity index (χ2v) is 21.3. The molecule has 4 aromatic heterocycles. The smallest absolute Gasteiger partial charge is 0.216 e. The van der Waals surface area contributed by atoms with Gasteiger partial charge in [-0.2, -0.15) is 0 Å². The van der Waals surface area contributed by atoms with Crippen molar-refractivity contribution in [1.29, 1.82) is 0 Å². The molecule has 0 saturated carbocycles. The zero-order valence-corrected chi connectivity index (χ0v) is 36.6. The Morgan fingerprint density at radius 1 is 0.772 bits per heavy atom. The fraction of sp³-hybridized carbons (Fsp3) is 0.180. The van der Waals surface area contributed by atoms with E-state index in [2.05, 4.69) is 146 Å². The quantitative estimate of drug-likeness (QED) is 0.127. The van der Waals surface area contributed by atoms with E-state index in [1.807, 2.05) is 43.5 Å². The molecule has 0 N–H and O–H groups in total. The average molecular weight is 942 g/mol.